The van der Waals surface area contributed by atoms with Gasteiger partial charge in [-0.3, -0.25) is 14.4 Å². The molecule has 0 rings (SSSR count). The molecule has 0 saturated heterocycles. The lowest BCUT2D eigenvalue weighted by Crippen LogP contribution is -2.30. The largest absolute Gasteiger partial charge is 0.462 e. The van der Waals surface area contributed by atoms with Crippen molar-refractivity contribution in [3.8, 4) is 0 Å². The molecule has 0 aliphatic rings. The number of unbranched alkanes of at least 4 members (excludes halogenated alkanes) is 14. The molecule has 0 saturated carbocycles. The van der Waals surface area contributed by atoms with Crippen LogP contribution in [-0.4, -0.2) is 37.2 Å². The van der Waals surface area contributed by atoms with Gasteiger partial charge in [-0.1, -0.05) is 206 Å². The first-order valence-corrected chi connectivity index (χ1v) is 25.3. The van der Waals surface area contributed by atoms with E-state index in [4.69, 9.17) is 14.2 Å². The Hall–Kier alpha value is -4.45. The summed E-state index contributed by atoms with van der Waals surface area (Å²) in [5, 5.41) is 0. The maximum atomic E-state index is 12.8. The fourth-order valence-electron chi connectivity index (χ4n) is 6.24. The van der Waals surface area contributed by atoms with Gasteiger partial charge in [-0.15, -0.1) is 0 Å². The first kappa shape index (κ1) is 59.5. The lowest BCUT2D eigenvalue weighted by Gasteiger charge is -2.18. The number of esters is 3. The van der Waals surface area contributed by atoms with Crippen molar-refractivity contribution < 1.29 is 28.6 Å². The number of hydrogen-bond acceptors (Lipinski definition) is 6. The van der Waals surface area contributed by atoms with Gasteiger partial charge in [-0.25, -0.2) is 0 Å². The third-order valence-corrected chi connectivity index (χ3v) is 9.99. The molecule has 0 aromatic heterocycles. The van der Waals surface area contributed by atoms with Crippen molar-refractivity contribution in [2.45, 2.75) is 200 Å². The molecule has 0 N–H and O–H groups in total. The second-order valence-corrected chi connectivity index (χ2v) is 16.1. The molecule has 0 radical (unpaired) electrons. The van der Waals surface area contributed by atoms with Gasteiger partial charge in [0.15, 0.2) is 6.10 Å². The molecule has 6 heteroatoms. The van der Waals surface area contributed by atoms with Gasteiger partial charge in [-0.2, -0.15) is 0 Å². The fourth-order valence-corrected chi connectivity index (χ4v) is 6.24. The predicted octanol–water partition coefficient (Wildman–Crippen LogP) is 16.7. The smallest absolute Gasteiger partial charge is 0.306 e. The van der Waals surface area contributed by atoms with E-state index in [1.165, 1.54) is 44.9 Å². The average Bonchev–Trinajstić information content (AvgIpc) is 3.29. The minimum absolute atomic E-state index is 0.132. The summed E-state index contributed by atoms with van der Waals surface area (Å²) in [6, 6.07) is 0. The molecule has 6 nitrogen and oxygen atoms in total. The van der Waals surface area contributed by atoms with Gasteiger partial charge in [0.2, 0.25) is 0 Å². The van der Waals surface area contributed by atoms with E-state index < -0.39 is 6.10 Å². The Balaban J connectivity index is 4.61. The van der Waals surface area contributed by atoms with Gasteiger partial charge in [-0.05, 0) is 103 Å². The van der Waals surface area contributed by atoms with Crippen LogP contribution in [0.5, 0.6) is 0 Å². The van der Waals surface area contributed by atoms with E-state index in [0.717, 1.165) is 96.3 Å². The third kappa shape index (κ3) is 48.6. The van der Waals surface area contributed by atoms with Crippen molar-refractivity contribution in [2.75, 3.05) is 13.2 Å². The summed E-state index contributed by atoms with van der Waals surface area (Å²) >= 11 is 0. The third-order valence-electron chi connectivity index (χ3n) is 9.99. The van der Waals surface area contributed by atoms with Crippen LogP contribution in [0.1, 0.15) is 194 Å². The second kappa shape index (κ2) is 51.2. The summed E-state index contributed by atoms with van der Waals surface area (Å²) in [7, 11) is 0. The molecular weight excluding hydrogens is 793 g/mol. The minimum Gasteiger partial charge on any atom is -0.462 e. The van der Waals surface area contributed by atoms with Crippen LogP contribution >= 0.6 is 0 Å². The monoisotopic (exact) mass is 883 g/mol. The van der Waals surface area contributed by atoms with E-state index in [1.807, 2.05) is 36.5 Å². The highest BCUT2D eigenvalue weighted by Crippen LogP contribution is 2.11. The predicted molar refractivity (Wildman–Crippen MR) is 274 cm³/mol. The summed E-state index contributed by atoms with van der Waals surface area (Å²) in [5.74, 6) is -1.07. The summed E-state index contributed by atoms with van der Waals surface area (Å²) in [5.41, 5.74) is 0. The maximum absolute atomic E-state index is 12.8. The first-order valence-electron chi connectivity index (χ1n) is 25.3. The topological polar surface area (TPSA) is 78.9 Å². The molecule has 0 heterocycles. The first-order chi connectivity index (χ1) is 31.5. The standard InChI is InChI=1S/C58H90O6/c1-4-7-10-13-16-19-22-25-27-29-31-33-36-39-42-45-48-51-57(60)63-54-55(53-62-56(59)50-47-44-41-38-35-32-24-21-18-15-12-9-6-3)64-58(61)52-49-46-43-40-37-34-30-28-26-23-20-17-14-11-8-5-2/h7,9-10,12,15-16,18-19,21,24-25,27-28,30-35,37,39,42,55H,4-6,8,11,13-14,17,20,22-23,26,29,36,38,40-41,43-54H2,1-3H3/b10-7+,12-9+,18-15+,19-16+,24-21+,27-25+,30-28+,33-31+,35-32+,37-34+,42-39+. The van der Waals surface area contributed by atoms with Gasteiger partial charge in [0.1, 0.15) is 13.2 Å². The van der Waals surface area contributed by atoms with Crippen LogP contribution in [0.25, 0.3) is 0 Å². The van der Waals surface area contributed by atoms with E-state index in [2.05, 4.69) is 118 Å². The zero-order chi connectivity index (χ0) is 46.5. The van der Waals surface area contributed by atoms with E-state index in [0.29, 0.717) is 19.3 Å². The molecule has 0 aliphatic heterocycles. The van der Waals surface area contributed by atoms with Crippen LogP contribution in [0, 0.1) is 0 Å². The molecule has 0 spiro atoms. The number of rotatable bonds is 43. The van der Waals surface area contributed by atoms with Gasteiger partial charge in [0.05, 0.1) is 0 Å². The highest BCUT2D eigenvalue weighted by atomic mass is 16.6. The summed E-state index contributed by atoms with van der Waals surface area (Å²) in [6.07, 6.45) is 71.6. The van der Waals surface area contributed by atoms with E-state index >= 15 is 0 Å². The molecule has 64 heavy (non-hydrogen) atoms. The quantitative estimate of drug-likeness (QED) is 0.0200. The van der Waals surface area contributed by atoms with Crippen LogP contribution in [0.15, 0.2) is 134 Å². The van der Waals surface area contributed by atoms with Crippen LogP contribution in [0.3, 0.4) is 0 Å². The van der Waals surface area contributed by atoms with Gasteiger partial charge >= 0.3 is 17.9 Å². The summed E-state index contributed by atoms with van der Waals surface area (Å²) < 4.78 is 16.7. The van der Waals surface area contributed by atoms with Crippen molar-refractivity contribution in [3.05, 3.63) is 134 Å². The normalized spacial score (nSPS) is 13.2. The zero-order valence-corrected chi connectivity index (χ0v) is 40.7. The van der Waals surface area contributed by atoms with Crippen molar-refractivity contribution in [3.63, 3.8) is 0 Å². The Bertz CT molecular complexity index is 1430. The van der Waals surface area contributed by atoms with Gasteiger partial charge < -0.3 is 14.2 Å². The zero-order valence-electron chi connectivity index (χ0n) is 40.7. The van der Waals surface area contributed by atoms with E-state index in [1.54, 1.807) is 0 Å². The Morgan fingerprint density at radius 1 is 0.344 bits per heavy atom. The average molecular weight is 883 g/mol. The van der Waals surface area contributed by atoms with Crippen LogP contribution in [0.2, 0.25) is 0 Å². The number of carbonyl (C=O) groups excluding carboxylic acids is 3. The number of carbonyl (C=O) groups is 3. The number of ether oxygens (including phenoxy) is 3. The van der Waals surface area contributed by atoms with Crippen molar-refractivity contribution in [2.24, 2.45) is 0 Å². The molecule has 0 amide bonds. The van der Waals surface area contributed by atoms with Gasteiger partial charge in [0.25, 0.3) is 0 Å². The van der Waals surface area contributed by atoms with Crippen molar-refractivity contribution in [1.82, 2.24) is 0 Å². The Morgan fingerprint density at radius 2 is 0.703 bits per heavy atom. The van der Waals surface area contributed by atoms with E-state index in [-0.39, 0.29) is 44.0 Å². The molecule has 1 atom stereocenters. The molecule has 0 fully saturated rings. The molecule has 0 aromatic carbocycles. The van der Waals surface area contributed by atoms with Crippen LogP contribution < -0.4 is 0 Å². The molecule has 0 bridgehead atoms. The Kier molecular flexibility index (Phi) is 47.6. The summed E-state index contributed by atoms with van der Waals surface area (Å²) in [4.78, 5) is 37.9. The van der Waals surface area contributed by atoms with Crippen LogP contribution in [0.4, 0.5) is 0 Å². The molecule has 0 aliphatic carbocycles. The lowest BCUT2D eigenvalue weighted by molar-refractivity contribution is -0.167. The Labute approximate surface area is 392 Å². The lowest BCUT2D eigenvalue weighted by atomic mass is 10.1. The maximum Gasteiger partial charge on any atom is 0.306 e. The van der Waals surface area contributed by atoms with Crippen LogP contribution in [-0.2, 0) is 28.6 Å². The second-order valence-electron chi connectivity index (χ2n) is 16.1. The van der Waals surface area contributed by atoms with Gasteiger partial charge in [0, 0.05) is 19.3 Å². The van der Waals surface area contributed by atoms with Crippen molar-refractivity contribution >= 4 is 17.9 Å². The highest BCUT2D eigenvalue weighted by molar-refractivity contribution is 5.71. The highest BCUT2D eigenvalue weighted by Gasteiger charge is 2.19. The SMILES string of the molecule is CC/C=C/C=C/C=C/C=C/CCCCCC(=O)OCC(COC(=O)CCC/C=C/C/C=C/C/C=C/C/C=C/C/C=C/CC)OC(=O)CCCCC/C=C/C=C/CCCCCCCCC. The minimum atomic E-state index is -0.835. The fraction of sp³-hybridized carbons (Fsp3) is 0.569. The number of hydrogen-bond donors (Lipinski definition) is 0. The Morgan fingerprint density at radius 3 is 1.20 bits per heavy atom. The molecule has 1 unspecified atom stereocenters. The summed E-state index contributed by atoms with van der Waals surface area (Å²) in [6.45, 7) is 6.24. The molecule has 0 aromatic rings. The molecular formula is C58H90O6. The number of allylic oxidation sites excluding steroid dienone is 22. The van der Waals surface area contributed by atoms with E-state index in [9.17, 15) is 14.4 Å². The molecule has 358 valence electrons. The van der Waals surface area contributed by atoms with Crippen molar-refractivity contribution in [1.29, 1.82) is 0 Å².